The molecule has 158 valence electrons. The first-order valence-corrected chi connectivity index (χ1v) is 9.39. The van der Waals surface area contributed by atoms with Crippen LogP contribution in [0.3, 0.4) is 0 Å². The van der Waals surface area contributed by atoms with Crippen molar-refractivity contribution in [2.45, 2.75) is 12.0 Å². The standard InChI is InChI=1S/C21H21FN2O6/c1-28-14-3-5-17(22)16(9-14)18-10-21(30-23-18)11-24(6-7-29-12-21)20(27)15-4-2-13(25)8-19(15)26/h2-5,8-9,25-26H,6-7,10-12H2,1H3. The van der Waals surface area contributed by atoms with Crippen molar-refractivity contribution < 1.29 is 33.7 Å². The zero-order valence-corrected chi connectivity index (χ0v) is 16.3. The number of carbonyl (C=O) groups is 1. The molecule has 1 spiro atoms. The van der Waals surface area contributed by atoms with Crippen molar-refractivity contribution in [1.29, 1.82) is 0 Å². The van der Waals surface area contributed by atoms with Gasteiger partial charge in [-0.2, -0.15) is 0 Å². The molecular formula is C21H21FN2O6. The first-order valence-electron chi connectivity index (χ1n) is 9.39. The van der Waals surface area contributed by atoms with Gasteiger partial charge in [-0.1, -0.05) is 5.16 Å². The zero-order chi connectivity index (χ0) is 21.3. The highest BCUT2D eigenvalue weighted by Crippen LogP contribution is 2.33. The lowest BCUT2D eigenvalue weighted by atomic mass is 9.93. The maximum absolute atomic E-state index is 14.4. The molecule has 1 saturated heterocycles. The highest BCUT2D eigenvalue weighted by atomic mass is 19.1. The molecule has 4 rings (SSSR count). The number of methoxy groups -OCH3 is 1. The molecule has 1 unspecified atom stereocenters. The van der Waals surface area contributed by atoms with Gasteiger partial charge in [-0.3, -0.25) is 4.79 Å². The summed E-state index contributed by atoms with van der Waals surface area (Å²) in [5.41, 5.74) is -0.243. The summed E-state index contributed by atoms with van der Waals surface area (Å²) in [5.74, 6) is -0.848. The van der Waals surface area contributed by atoms with E-state index >= 15 is 0 Å². The summed E-state index contributed by atoms with van der Waals surface area (Å²) < 4.78 is 25.2. The van der Waals surface area contributed by atoms with Gasteiger partial charge < -0.3 is 29.4 Å². The fraction of sp³-hybridized carbons (Fsp3) is 0.333. The molecule has 9 heteroatoms. The van der Waals surface area contributed by atoms with E-state index in [-0.39, 0.29) is 55.4 Å². The molecule has 2 aliphatic heterocycles. The number of hydrogen-bond donors (Lipinski definition) is 2. The van der Waals surface area contributed by atoms with Crippen molar-refractivity contribution in [3.05, 3.63) is 53.3 Å². The number of rotatable bonds is 3. The van der Waals surface area contributed by atoms with E-state index in [9.17, 15) is 19.4 Å². The second kappa shape index (κ2) is 7.83. The van der Waals surface area contributed by atoms with Gasteiger partial charge in [-0.15, -0.1) is 0 Å². The predicted octanol–water partition coefficient (Wildman–Crippen LogP) is 2.28. The summed E-state index contributed by atoms with van der Waals surface area (Å²) in [6.07, 6.45) is 0.239. The van der Waals surface area contributed by atoms with Crippen LogP contribution in [0.25, 0.3) is 0 Å². The fourth-order valence-electron chi connectivity index (χ4n) is 3.63. The number of nitrogens with zero attached hydrogens (tertiary/aromatic N) is 2. The molecule has 30 heavy (non-hydrogen) atoms. The Balaban J connectivity index is 1.56. The number of carbonyl (C=O) groups excluding carboxylic acids is 1. The Morgan fingerprint density at radius 3 is 2.87 bits per heavy atom. The molecule has 0 aliphatic carbocycles. The summed E-state index contributed by atoms with van der Waals surface area (Å²) in [4.78, 5) is 20.2. The second-order valence-corrected chi connectivity index (χ2v) is 7.32. The number of aromatic hydroxyl groups is 2. The van der Waals surface area contributed by atoms with Gasteiger partial charge in [0, 0.05) is 24.6 Å². The van der Waals surface area contributed by atoms with Gasteiger partial charge in [-0.25, -0.2) is 4.39 Å². The van der Waals surface area contributed by atoms with Gasteiger partial charge in [0.1, 0.15) is 23.1 Å². The Morgan fingerprint density at radius 1 is 1.27 bits per heavy atom. The molecule has 0 bridgehead atoms. The maximum Gasteiger partial charge on any atom is 0.257 e. The predicted molar refractivity (Wildman–Crippen MR) is 104 cm³/mol. The van der Waals surface area contributed by atoms with Crippen molar-refractivity contribution in [3.63, 3.8) is 0 Å². The Bertz CT molecular complexity index is 1010. The van der Waals surface area contributed by atoms with E-state index < -0.39 is 17.3 Å². The summed E-state index contributed by atoms with van der Waals surface area (Å²) >= 11 is 0. The van der Waals surface area contributed by atoms with Crippen LogP contribution in [0.4, 0.5) is 4.39 Å². The SMILES string of the molecule is COc1ccc(F)c(C2=NOC3(COCCN(C(=O)c4ccc(O)cc4O)C3)C2)c1. The summed E-state index contributed by atoms with van der Waals surface area (Å²) in [6.45, 7) is 0.882. The number of phenolic OH excluding ortho intramolecular Hbond substituents is 2. The minimum absolute atomic E-state index is 0.0582. The molecule has 8 nitrogen and oxygen atoms in total. The van der Waals surface area contributed by atoms with Crippen LogP contribution in [0.5, 0.6) is 17.2 Å². The Morgan fingerprint density at radius 2 is 2.10 bits per heavy atom. The number of hydrogen-bond acceptors (Lipinski definition) is 7. The van der Waals surface area contributed by atoms with E-state index in [4.69, 9.17) is 14.3 Å². The van der Waals surface area contributed by atoms with E-state index in [0.29, 0.717) is 11.5 Å². The third-order valence-electron chi connectivity index (χ3n) is 5.17. The third kappa shape index (κ3) is 3.76. The van der Waals surface area contributed by atoms with Crippen molar-refractivity contribution in [2.75, 3.05) is 33.4 Å². The zero-order valence-electron chi connectivity index (χ0n) is 16.3. The van der Waals surface area contributed by atoms with E-state index in [1.165, 1.54) is 36.3 Å². The van der Waals surface area contributed by atoms with E-state index in [1.54, 1.807) is 6.07 Å². The summed E-state index contributed by atoms with van der Waals surface area (Å²) in [6, 6.07) is 8.16. The number of oxime groups is 1. The van der Waals surface area contributed by atoms with Gasteiger partial charge in [0.25, 0.3) is 5.91 Å². The summed E-state index contributed by atoms with van der Waals surface area (Å²) in [5, 5.41) is 23.6. The first kappa shape index (κ1) is 20.0. The largest absolute Gasteiger partial charge is 0.508 e. The molecule has 2 heterocycles. The number of benzene rings is 2. The lowest BCUT2D eigenvalue weighted by Gasteiger charge is -2.29. The molecule has 0 saturated carbocycles. The molecule has 0 radical (unpaired) electrons. The topological polar surface area (TPSA) is 101 Å². The quantitative estimate of drug-likeness (QED) is 0.796. The summed E-state index contributed by atoms with van der Waals surface area (Å²) in [7, 11) is 1.49. The van der Waals surface area contributed by atoms with Gasteiger partial charge in [0.15, 0.2) is 5.60 Å². The van der Waals surface area contributed by atoms with E-state index in [1.807, 2.05) is 0 Å². The second-order valence-electron chi connectivity index (χ2n) is 7.32. The molecule has 1 amide bonds. The normalized spacial score (nSPS) is 21.1. The highest BCUT2D eigenvalue weighted by molar-refractivity contribution is 6.02. The van der Waals surface area contributed by atoms with Crippen molar-refractivity contribution in [1.82, 2.24) is 4.90 Å². The Labute approximate surface area is 172 Å². The average molecular weight is 416 g/mol. The number of amides is 1. The molecule has 1 fully saturated rings. The number of ether oxygens (including phenoxy) is 2. The highest BCUT2D eigenvalue weighted by Gasteiger charge is 2.44. The van der Waals surface area contributed by atoms with Crippen LogP contribution < -0.4 is 4.74 Å². The number of halogens is 1. The van der Waals surface area contributed by atoms with Crippen LogP contribution in [-0.4, -0.2) is 65.7 Å². The molecule has 1 atom stereocenters. The molecule has 2 aliphatic rings. The monoisotopic (exact) mass is 416 g/mol. The third-order valence-corrected chi connectivity index (χ3v) is 5.17. The number of phenols is 2. The lowest BCUT2D eigenvalue weighted by Crippen LogP contribution is -2.46. The average Bonchev–Trinajstić information content (AvgIpc) is 3.01. The molecule has 2 aromatic carbocycles. The van der Waals surface area contributed by atoms with E-state index in [2.05, 4.69) is 5.16 Å². The van der Waals surface area contributed by atoms with Crippen LogP contribution in [0.2, 0.25) is 0 Å². The maximum atomic E-state index is 14.4. The van der Waals surface area contributed by atoms with Crippen LogP contribution in [0.1, 0.15) is 22.3 Å². The Kier molecular flexibility index (Phi) is 5.21. The molecule has 0 aromatic heterocycles. The molecule has 2 aromatic rings. The van der Waals surface area contributed by atoms with Crippen LogP contribution in [0, 0.1) is 5.82 Å². The Hall–Kier alpha value is -3.33. The van der Waals surface area contributed by atoms with Crippen molar-refractivity contribution >= 4 is 11.6 Å². The van der Waals surface area contributed by atoms with Crippen LogP contribution >= 0.6 is 0 Å². The van der Waals surface area contributed by atoms with Crippen LogP contribution in [0.15, 0.2) is 41.6 Å². The van der Waals surface area contributed by atoms with Crippen molar-refractivity contribution in [3.8, 4) is 17.2 Å². The molecular weight excluding hydrogens is 395 g/mol. The van der Waals surface area contributed by atoms with Gasteiger partial charge in [-0.05, 0) is 30.3 Å². The van der Waals surface area contributed by atoms with Gasteiger partial charge >= 0.3 is 0 Å². The first-order chi connectivity index (χ1) is 14.4. The molecule has 2 N–H and O–H groups in total. The van der Waals surface area contributed by atoms with E-state index in [0.717, 1.165) is 6.07 Å². The smallest absolute Gasteiger partial charge is 0.257 e. The minimum atomic E-state index is -0.969. The minimum Gasteiger partial charge on any atom is -0.508 e. The van der Waals surface area contributed by atoms with Crippen LogP contribution in [-0.2, 0) is 9.57 Å². The van der Waals surface area contributed by atoms with Gasteiger partial charge in [0.2, 0.25) is 0 Å². The lowest BCUT2D eigenvalue weighted by molar-refractivity contribution is -0.0701. The fourth-order valence-corrected chi connectivity index (χ4v) is 3.63. The van der Waals surface area contributed by atoms with Crippen molar-refractivity contribution in [2.24, 2.45) is 5.16 Å². The van der Waals surface area contributed by atoms with Gasteiger partial charge in [0.05, 0.1) is 38.1 Å².